The van der Waals surface area contributed by atoms with Crippen LogP contribution in [0.2, 0.25) is 0 Å². The summed E-state index contributed by atoms with van der Waals surface area (Å²) in [7, 11) is 2.47. The fraction of sp³-hybridized carbons (Fsp3) is 0.941. The topological polar surface area (TPSA) is 412 Å². The van der Waals surface area contributed by atoms with Crippen LogP contribution in [0.25, 0.3) is 0 Å². The van der Waals surface area contributed by atoms with Crippen LogP contribution in [0, 0.1) is 0 Å². The first-order chi connectivity index (χ1) is 29.6. The van der Waals surface area contributed by atoms with Gasteiger partial charge in [0.1, 0.15) is 111 Å². The molecule has 4 aliphatic heterocycles. The number of nitrogens with one attached hydrogen (secondary N) is 2. The van der Waals surface area contributed by atoms with E-state index >= 15 is 0 Å². The van der Waals surface area contributed by atoms with Gasteiger partial charge in [0.15, 0.2) is 25.2 Å². The van der Waals surface area contributed by atoms with Gasteiger partial charge < -0.3 is 129 Å². The molecule has 0 aromatic rings. The highest BCUT2D eigenvalue weighted by molar-refractivity contribution is 5.68. The highest BCUT2D eigenvalue weighted by Gasteiger charge is 2.53. The van der Waals surface area contributed by atoms with Crippen molar-refractivity contribution in [2.24, 2.45) is 0 Å². The van der Waals surface area contributed by atoms with E-state index in [-0.39, 0.29) is 39.5 Å². The van der Waals surface area contributed by atoms with Gasteiger partial charge in [-0.05, 0) is 0 Å². The Kier molecular flexibility index (Phi) is 21.4. The minimum absolute atomic E-state index is 0.116. The van der Waals surface area contributed by atoms with Crippen molar-refractivity contribution < 1.29 is 128 Å². The second-order valence-electron chi connectivity index (χ2n) is 14.3. The molecule has 0 aliphatic carbocycles. The van der Waals surface area contributed by atoms with Crippen LogP contribution in [-0.2, 0) is 56.8 Å². The number of methoxy groups -OCH3 is 2. The number of carbonyl (C=O) groups is 2. The van der Waals surface area contributed by atoms with Crippen LogP contribution >= 0.6 is 0 Å². The molecule has 0 unspecified atom stereocenters. The summed E-state index contributed by atoms with van der Waals surface area (Å²) in [5, 5.41) is 127. The molecule has 4 rings (SSSR count). The summed E-state index contributed by atoms with van der Waals surface area (Å²) in [5.41, 5.74) is 0. The zero-order valence-corrected chi connectivity index (χ0v) is 33.7. The molecule has 14 N–H and O–H groups in total. The van der Waals surface area contributed by atoms with Crippen LogP contribution in [0.3, 0.4) is 0 Å². The molecule has 0 radical (unpaired) electrons. The molecule has 0 bridgehead atoms. The van der Waals surface area contributed by atoms with Crippen LogP contribution in [0.15, 0.2) is 0 Å². The highest BCUT2D eigenvalue weighted by atomic mass is 16.8. The number of hydrogen-bond donors (Lipinski definition) is 14. The second kappa shape index (κ2) is 25.4. The van der Waals surface area contributed by atoms with Gasteiger partial charge >= 0.3 is 12.2 Å². The Balaban J connectivity index is 1.14. The third-order valence-electron chi connectivity index (χ3n) is 10.3. The molecule has 4 heterocycles. The zero-order valence-electron chi connectivity index (χ0n) is 33.7. The standard InChI is InChI=1S/C34H60N2O26/c1-51-31-27(23(47)25(15(11-39)59-31)61-29-21(45)19(43)17(41)13(9-37)57-29)53-5-7-55-33(49)35-3-4-36-34(50)56-8-6-54-28-24(48)26(16(12-40)60-32(28)52-2)62-30-22(46)20(44)18(42)14(10-38)58-30/h13-32,37-48H,3-12H2,1-2H3,(H,35,49)(H,36,50)/t13-,14-,15-,16-,17+,18+,19+,20+,21-,22-,23+,24+,25+,26+,27-,28-,29-,30-,31-,32-/m1/s1. The lowest BCUT2D eigenvalue weighted by Gasteiger charge is -2.46. The summed E-state index contributed by atoms with van der Waals surface area (Å²) < 4.78 is 65.0. The van der Waals surface area contributed by atoms with E-state index in [9.17, 15) is 70.9 Å². The number of aliphatic hydroxyl groups is 12. The van der Waals surface area contributed by atoms with Crippen molar-refractivity contribution in [1.82, 2.24) is 10.6 Å². The van der Waals surface area contributed by atoms with E-state index in [0.717, 1.165) is 0 Å². The van der Waals surface area contributed by atoms with Gasteiger partial charge in [-0.3, -0.25) is 0 Å². The van der Waals surface area contributed by atoms with Crippen molar-refractivity contribution in [2.75, 3.05) is 80.2 Å². The zero-order chi connectivity index (χ0) is 45.7. The minimum Gasteiger partial charge on any atom is -0.447 e. The summed E-state index contributed by atoms with van der Waals surface area (Å²) in [5.74, 6) is 0. The Hall–Kier alpha value is -2.34. The van der Waals surface area contributed by atoms with E-state index in [1.165, 1.54) is 14.2 Å². The van der Waals surface area contributed by atoms with Crippen molar-refractivity contribution >= 4 is 12.2 Å². The largest absolute Gasteiger partial charge is 0.447 e. The molecule has 0 spiro atoms. The first-order valence-electron chi connectivity index (χ1n) is 19.6. The molecule has 4 fully saturated rings. The van der Waals surface area contributed by atoms with E-state index in [1.807, 2.05) is 0 Å². The molecule has 28 nitrogen and oxygen atoms in total. The molecule has 0 saturated carbocycles. The van der Waals surface area contributed by atoms with Gasteiger partial charge in [-0.15, -0.1) is 0 Å². The Morgan fingerprint density at radius 1 is 0.435 bits per heavy atom. The summed E-state index contributed by atoms with van der Waals surface area (Å²) in [6.45, 7) is -4.43. The van der Waals surface area contributed by atoms with E-state index < -0.39 is 161 Å². The molecular weight excluding hydrogens is 852 g/mol. The quantitative estimate of drug-likeness (QED) is 0.0476. The second-order valence-corrected chi connectivity index (χ2v) is 14.3. The van der Waals surface area contributed by atoms with Gasteiger partial charge in [0, 0.05) is 27.3 Å². The van der Waals surface area contributed by atoms with Crippen molar-refractivity contribution in [1.29, 1.82) is 0 Å². The van der Waals surface area contributed by atoms with Crippen LogP contribution in [-0.4, -0.2) is 276 Å². The van der Waals surface area contributed by atoms with Crippen LogP contribution in [0.4, 0.5) is 9.59 Å². The first-order valence-corrected chi connectivity index (χ1v) is 19.6. The predicted octanol–water partition coefficient (Wildman–Crippen LogP) is -8.97. The monoisotopic (exact) mass is 912 g/mol. The lowest BCUT2D eigenvalue weighted by atomic mass is 9.97. The van der Waals surface area contributed by atoms with Crippen LogP contribution < -0.4 is 10.6 Å². The molecule has 20 atom stereocenters. The molecule has 2 amide bonds. The van der Waals surface area contributed by atoms with Gasteiger partial charge in [0.25, 0.3) is 0 Å². The first kappa shape index (κ1) is 52.3. The molecule has 0 aromatic carbocycles. The number of aliphatic hydroxyl groups excluding tert-OH is 12. The summed E-state index contributed by atoms with van der Waals surface area (Å²) in [4.78, 5) is 24.4. The highest BCUT2D eigenvalue weighted by Crippen LogP contribution is 2.32. The van der Waals surface area contributed by atoms with Crippen molar-refractivity contribution in [3.63, 3.8) is 0 Å². The molecule has 4 aliphatic rings. The number of hydrogen-bond acceptors (Lipinski definition) is 26. The van der Waals surface area contributed by atoms with E-state index in [1.54, 1.807) is 0 Å². The van der Waals surface area contributed by atoms with Crippen LogP contribution in [0.5, 0.6) is 0 Å². The molecule has 28 heteroatoms. The van der Waals surface area contributed by atoms with Crippen molar-refractivity contribution in [3.8, 4) is 0 Å². The van der Waals surface area contributed by atoms with Gasteiger partial charge in [-0.25, -0.2) is 9.59 Å². The normalized spacial score (nSPS) is 41.3. The van der Waals surface area contributed by atoms with E-state index in [0.29, 0.717) is 0 Å². The maximum absolute atomic E-state index is 12.2. The number of carbonyl (C=O) groups excluding carboxylic acids is 2. The summed E-state index contributed by atoms with van der Waals surface area (Å²) in [6.07, 6.45) is -32.0. The van der Waals surface area contributed by atoms with Gasteiger partial charge in [-0.1, -0.05) is 0 Å². The molecule has 0 aromatic heterocycles. The van der Waals surface area contributed by atoms with Crippen molar-refractivity contribution in [3.05, 3.63) is 0 Å². The van der Waals surface area contributed by atoms with Gasteiger partial charge in [0.2, 0.25) is 0 Å². The lowest BCUT2D eigenvalue weighted by Crippen LogP contribution is -2.65. The van der Waals surface area contributed by atoms with E-state index in [4.69, 9.17) is 56.8 Å². The average Bonchev–Trinajstić information content (AvgIpc) is 3.27. The third kappa shape index (κ3) is 13.1. The number of alkyl carbamates (subject to hydrolysis) is 2. The fourth-order valence-corrected chi connectivity index (χ4v) is 6.89. The maximum atomic E-state index is 12.2. The van der Waals surface area contributed by atoms with Crippen molar-refractivity contribution in [2.45, 2.75) is 123 Å². The molecule has 362 valence electrons. The SMILES string of the molecule is CO[C@@H]1O[C@H](CO)[C@H](O[C@H]2O[C@H](CO)[C@H](O)[C@H](O)[C@H]2O)[C@H](O)[C@H]1OCCOC(=O)NCCNC(=O)OCCO[C@H]1[C@H](OC)O[C@H](CO)[C@H](O[C@H]2O[C@H](CO)[C@H](O)[C@H](O)[C@H]2O)[C@@H]1O. The Morgan fingerprint density at radius 3 is 1.10 bits per heavy atom. The lowest BCUT2D eigenvalue weighted by molar-refractivity contribution is -0.360. The molecule has 62 heavy (non-hydrogen) atoms. The van der Waals surface area contributed by atoms with E-state index in [2.05, 4.69) is 10.6 Å². The number of rotatable bonds is 21. The maximum Gasteiger partial charge on any atom is 0.407 e. The molecular formula is C34H60N2O26. The Bertz CT molecular complexity index is 1230. The third-order valence-corrected chi connectivity index (χ3v) is 10.3. The summed E-state index contributed by atoms with van der Waals surface area (Å²) >= 11 is 0. The fourth-order valence-electron chi connectivity index (χ4n) is 6.89. The number of amides is 2. The minimum atomic E-state index is -1.81. The Morgan fingerprint density at radius 2 is 0.774 bits per heavy atom. The predicted molar refractivity (Wildman–Crippen MR) is 193 cm³/mol. The molecule has 4 saturated heterocycles. The summed E-state index contributed by atoms with van der Waals surface area (Å²) in [6, 6.07) is 0. The smallest absolute Gasteiger partial charge is 0.407 e. The average molecular weight is 913 g/mol. The number of ether oxygens (including phenoxy) is 12. The van der Waals surface area contributed by atoms with Gasteiger partial charge in [0.05, 0.1) is 39.6 Å². The van der Waals surface area contributed by atoms with Crippen LogP contribution in [0.1, 0.15) is 0 Å². The van der Waals surface area contributed by atoms with Gasteiger partial charge in [-0.2, -0.15) is 0 Å². The Labute approximate surface area is 353 Å².